The van der Waals surface area contributed by atoms with E-state index < -0.39 is 0 Å². The molecule has 0 atom stereocenters. The zero-order chi connectivity index (χ0) is 11.2. The summed E-state index contributed by atoms with van der Waals surface area (Å²) >= 11 is 0. The first-order valence-electron chi connectivity index (χ1n) is 6.50. The van der Waals surface area contributed by atoms with Crippen LogP contribution in [0.4, 0.5) is 0 Å². The van der Waals surface area contributed by atoms with Gasteiger partial charge < -0.3 is 9.84 Å². The standard InChI is InChI=1S/C13H20O3/c14-1-2-16-12(15)13-6-9-3-10(7-13)5-11(4-9)8-13/h9-11,14H,1-8H2. The molecule has 3 heteroatoms. The van der Waals surface area contributed by atoms with E-state index in [0.717, 1.165) is 37.0 Å². The predicted molar refractivity (Wildman–Crippen MR) is 58.6 cm³/mol. The van der Waals surface area contributed by atoms with Gasteiger partial charge in [-0.2, -0.15) is 0 Å². The van der Waals surface area contributed by atoms with Crippen LogP contribution in [-0.4, -0.2) is 24.3 Å². The van der Waals surface area contributed by atoms with Crippen LogP contribution in [0.2, 0.25) is 0 Å². The molecule has 0 unspecified atom stereocenters. The maximum Gasteiger partial charge on any atom is 0.312 e. The molecule has 0 saturated heterocycles. The van der Waals surface area contributed by atoms with Crippen LogP contribution in [0.3, 0.4) is 0 Å². The molecule has 16 heavy (non-hydrogen) atoms. The molecule has 4 aliphatic rings. The summed E-state index contributed by atoms with van der Waals surface area (Å²) in [6, 6.07) is 0. The maximum atomic E-state index is 12.1. The molecule has 4 aliphatic carbocycles. The van der Waals surface area contributed by atoms with E-state index in [1.165, 1.54) is 19.3 Å². The fourth-order valence-electron chi connectivity index (χ4n) is 4.65. The lowest BCUT2D eigenvalue weighted by molar-refractivity contribution is -0.172. The van der Waals surface area contributed by atoms with Gasteiger partial charge in [0.15, 0.2) is 0 Å². The minimum absolute atomic E-state index is 0.0272. The van der Waals surface area contributed by atoms with Crippen molar-refractivity contribution >= 4 is 5.97 Å². The van der Waals surface area contributed by atoms with Crippen molar-refractivity contribution in [1.82, 2.24) is 0 Å². The fourth-order valence-corrected chi connectivity index (χ4v) is 4.65. The van der Waals surface area contributed by atoms with Crippen LogP contribution in [0, 0.1) is 23.2 Å². The van der Waals surface area contributed by atoms with Crippen molar-refractivity contribution in [3.8, 4) is 0 Å². The Hall–Kier alpha value is -0.570. The first-order valence-corrected chi connectivity index (χ1v) is 6.50. The van der Waals surface area contributed by atoms with Gasteiger partial charge in [0.1, 0.15) is 6.61 Å². The Kier molecular flexibility index (Phi) is 2.46. The zero-order valence-electron chi connectivity index (χ0n) is 9.65. The van der Waals surface area contributed by atoms with Crippen molar-refractivity contribution in [3.05, 3.63) is 0 Å². The zero-order valence-corrected chi connectivity index (χ0v) is 9.65. The quantitative estimate of drug-likeness (QED) is 0.743. The molecule has 3 nitrogen and oxygen atoms in total. The Morgan fingerprint density at radius 1 is 1.12 bits per heavy atom. The molecule has 90 valence electrons. The number of hydrogen-bond acceptors (Lipinski definition) is 3. The van der Waals surface area contributed by atoms with E-state index in [4.69, 9.17) is 9.84 Å². The van der Waals surface area contributed by atoms with Crippen molar-refractivity contribution in [2.75, 3.05) is 13.2 Å². The molecule has 0 aromatic rings. The number of carbonyl (C=O) groups excluding carboxylic acids is 1. The van der Waals surface area contributed by atoms with Crippen molar-refractivity contribution in [2.24, 2.45) is 23.2 Å². The van der Waals surface area contributed by atoms with Crippen molar-refractivity contribution in [3.63, 3.8) is 0 Å². The van der Waals surface area contributed by atoms with Crippen LogP contribution >= 0.6 is 0 Å². The van der Waals surface area contributed by atoms with Crippen molar-refractivity contribution < 1.29 is 14.6 Å². The highest BCUT2D eigenvalue weighted by Crippen LogP contribution is 2.60. The summed E-state index contributed by atoms with van der Waals surface area (Å²) in [7, 11) is 0. The minimum atomic E-state index is -0.163. The number of aliphatic hydroxyl groups is 1. The van der Waals surface area contributed by atoms with Crippen LogP contribution < -0.4 is 0 Å². The topological polar surface area (TPSA) is 46.5 Å². The van der Waals surface area contributed by atoms with Gasteiger partial charge in [-0.1, -0.05) is 0 Å². The predicted octanol–water partition coefficient (Wildman–Crippen LogP) is 1.74. The fraction of sp³-hybridized carbons (Fsp3) is 0.923. The highest BCUT2D eigenvalue weighted by atomic mass is 16.5. The van der Waals surface area contributed by atoms with Gasteiger partial charge in [-0.05, 0) is 56.3 Å². The highest BCUT2D eigenvalue weighted by Gasteiger charge is 2.55. The van der Waals surface area contributed by atoms with E-state index in [9.17, 15) is 4.79 Å². The largest absolute Gasteiger partial charge is 0.463 e. The van der Waals surface area contributed by atoms with Gasteiger partial charge in [0.25, 0.3) is 0 Å². The minimum Gasteiger partial charge on any atom is -0.463 e. The number of ether oxygens (including phenoxy) is 1. The SMILES string of the molecule is O=C(OCCO)C12CC3CC(CC(C3)C1)C2. The van der Waals surface area contributed by atoms with E-state index in [-0.39, 0.29) is 24.6 Å². The molecule has 4 rings (SSSR count). The second-order valence-corrected chi connectivity index (χ2v) is 6.06. The average Bonchev–Trinajstić information content (AvgIpc) is 2.24. The lowest BCUT2D eigenvalue weighted by atomic mass is 9.49. The number of esters is 1. The smallest absolute Gasteiger partial charge is 0.312 e. The Morgan fingerprint density at radius 2 is 1.62 bits per heavy atom. The first-order chi connectivity index (χ1) is 7.72. The molecular weight excluding hydrogens is 204 g/mol. The van der Waals surface area contributed by atoms with E-state index in [0.29, 0.717) is 0 Å². The first kappa shape index (κ1) is 10.6. The molecule has 1 N–H and O–H groups in total. The molecule has 0 heterocycles. The van der Waals surface area contributed by atoms with Crippen LogP contribution in [0.1, 0.15) is 38.5 Å². The number of aliphatic hydroxyl groups excluding tert-OH is 1. The molecule has 0 amide bonds. The summed E-state index contributed by atoms with van der Waals surface area (Å²) in [5.41, 5.74) is -0.163. The highest BCUT2D eigenvalue weighted by molar-refractivity contribution is 5.77. The van der Waals surface area contributed by atoms with Crippen molar-refractivity contribution in [2.45, 2.75) is 38.5 Å². The molecule has 4 bridgehead atoms. The summed E-state index contributed by atoms with van der Waals surface area (Å²) in [5, 5.41) is 8.72. The van der Waals surface area contributed by atoms with Crippen molar-refractivity contribution in [1.29, 1.82) is 0 Å². The van der Waals surface area contributed by atoms with Gasteiger partial charge in [-0.25, -0.2) is 0 Å². The van der Waals surface area contributed by atoms with Gasteiger partial charge in [0.05, 0.1) is 12.0 Å². The van der Waals surface area contributed by atoms with Gasteiger partial charge in [-0.15, -0.1) is 0 Å². The molecule has 0 aromatic carbocycles. The molecule has 0 radical (unpaired) electrons. The Bertz CT molecular complexity index is 262. The Morgan fingerprint density at radius 3 is 2.06 bits per heavy atom. The van der Waals surface area contributed by atoms with Crippen LogP contribution in [0.5, 0.6) is 0 Å². The average molecular weight is 224 g/mol. The molecule has 0 spiro atoms. The third-order valence-electron chi connectivity index (χ3n) is 4.80. The lowest BCUT2D eigenvalue weighted by Crippen LogP contribution is -2.50. The Balaban J connectivity index is 1.75. The lowest BCUT2D eigenvalue weighted by Gasteiger charge is -2.55. The number of rotatable bonds is 3. The second-order valence-electron chi connectivity index (χ2n) is 6.06. The van der Waals surface area contributed by atoms with Crippen LogP contribution in [0.25, 0.3) is 0 Å². The van der Waals surface area contributed by atoms with Gasteiger partial charge in [0.2, 0.25) is 0 Å². The van der Waals surface area contributed by atoms with E-state index in [2.05, 4.69) is 0 Å². The van der Waals surface area contributed by atoms with Crippen LogP contribution in [-0.2, 0) is 9.53 Å². The molecule has 4 fully saturated rings. The van der Waals surface area contributed by atoms with E-state index in [1.54, 1.807) is 0 Å². The Labute approximate surface area is 96.2 Å². The molecule has 0 aromatic heterocycles. The van der Waals surface area contributed by atoms with E-state index in [1.807, 2.05) is 0 Å². The summed E-state index contributed by atoms with van der Waals surface area (Å²) in [6.07, 6.45) is 7.15. The summed E-state index contributed by atoms with van der Waals surface area (Å²) in [4.78, 5) is 12.1. The monoisotopic (exact) mass is 224 g/mol. The molecular formula is C13H20O3. The third kappa shape index (κ3) is 1.56. The summed E-state index contributed by atoms with van der Waals surface area (Å²) in [5.74, 6) is 2.29. The van der Waals surface area contributed by atoms with Gasteiger partial charge in [0, 0.05) is 0 Å². The molecule has 0 aliphatic heterocycles. The maximum absolute atomic E-state index is 12.1. The van der Waals surface area contributed by atoms with E-state index >= 15 is 0 Å². The number of carbonyl (C=O) groups is 1. The van der Waals surface area contributed by atoms with Gasteiger partial charge in [-0.3, -0.25) is 4.79 Å². The van der Waals surface area contributed by atoms with Gasteiger partial charge >= 0.3 is 5.97 Å². The normalized spacial score (nSPS) is 44.7. The third-order valence-corrected chi connectivity index (χ3v) is 4.80. The van der Waals surface area contributed by atoms with Crippen LogP contribution in [0.15, 0.2) is 0 Å². The molecule has 4 saturated carbocycles. The summed E-state index contributed by atoms with van der Waals surface area (Å²) in [6.45, 7) is 0.110. The summed E-state index contributed by atoms with van der Waals surface area (Å²) < 4.78 is 5.19. The number of hydrogen-bond donors (Lipinski definition) is 1. The second kappa shape index (κ2) is 3.73.